The van der Waals surface area contributed by atoms with Crippen molar-refractivity contribution in [2.24, 2.45) is 5.92 Å². The summed E-state index contributed by atoms with van der Waals surface area (Å²) in [7, 11) is 0. The van der Waals surface area contributed by atoms with Gasteiger partial charge in [-0.05, 0) is 42.2 Å². The summed E-state index contributed by atoms with van der Waals surface area (Å²) < 4.78 is 13.1. The van der Waals surface area contributed by atoms with Gasteiger partial charge >= 0.3 is 0 Å². The van der Waals surface area contributed by atoms with Crippen LogP contribution < -0.4 is 10.2 Å². The highest BCUT2D eigenvalue weighted by Gasteiger charge is 2.26. The molecule has 1 aliphatic rings. The smallest absolute Gasteiger partial charge is 0.225 e. The highest BCUT2D eigenvalue weighted by molar-refractivity contribution is 6.31. The summed E-state index contributed by atoms with van der Waals surface area (Å²) in [6.07, 6.45) is 4.99. The zero-order chi connectivity index (χ0) is 20.9. The van der Waals surface area contributed by atoms with Gasteiger partial charge in [0.15, 0.2) is 0 Å². The van der Waals surface area contributed by atoms with Gasteiger partial charge < -0.3 is 10.2 Å². The van der Waals surface area contributed by atoms with E-state index in [0.717, 1.165) is 42.6 Å². The van der Waals surface area contributed by atoms with Crippen LogP contribution in [0, 0.1) is 11.7 Å². The van der Waals surface area contributed by atoms with E-state index in [1.807, 2.05) is 24.3 Å². The molecule has 4 rings (SSSR count). The van der Waals surface area contributed by atoms with Crippen LogP contribution in [0.25, 0.3) is 11.1 Å². The molecule has 1 aliphatic heterocycles. The lowest BCUT2D eigenvalue weighted by atomic mass is 9.96. The Balaban J connectivity index is 1.30. The van der Waals surface area contributed by atoms with Crippen molar-refractivity contribution in [3.05, 3.63) is 77.3 Å². The van der Waals surface area contributed by atoms with E-state index in [1.165, 1.54) is 12.1 Å². The third-order valence-corrected chi connectivity index (χ3v) is 5.74. The van der Waals surface area contributed by atoms with Crippen LogP contribution in [0.15, 0.2) is 60.9 Å². The molecule has 3 aromatic rings. The molecule has 0 aliphatic carbocycles. The molecule has 0 radical (unpaired) electrons. The van der Waals surface area contributed by atoms with Gasteiger partial charge in [0.2, 0.25) is 11.9 Å². The van der Waals surface area contributed by atoms with Crippen molar-refractivity contribution >= 4 is 23.5 Å². The van der Waals surface area contributed by atoms with Gasteiger partial charge in [0, 0.05) is 48.5 Å². The van der Waals surface area contributed by atoms with Crippen LogP contribution in [0.1, 0.15) is 18.4 Å². The van der Waals surface area contributed by atoms with Crippen molar-refractivity contribution in [1.82, 2.24) is 15.3 Å². The third kappa shape index (κ3) is 4.76. The number of rotatable bonds is 5. The summed E-state index contributed by atoms with van der Waals surface area (Å²) in [5, 5.41) is 3.65. The zero-order valence-corrected chi connectivity index (χ0v) is 17.1. The first kappa shape index (κ1) is 20.3. The molecule has 2 heterocycles. The quantitative estimate of drug-likeness (QED) is 0.656. The Hall–Kier alpha value is -2.99. The number of carbonyl (C=O) groups excluding carboxylic acids is 1. The van der Waals surface area contributed by atoms with Crippen LogP contribution in [0.4, 0.5) is 10.3 Å². The van der Waals surface area contributed by atoms with Crippen molar-refractivity contribution < 1.29 is 9.18 Å². The van der Waals surface area contributed by atoms with Crippen LogP contribution in [0.5, 0.6) is 0 Å². The summed E-state index contributed by atoms with van der Waals surface area (Å²) in [5.41, 5.74) is 2.63. The molecular formula is C23H22ClFN4O. The standard InChI is InChI=1S/C23H22ClFN4O/c24-21-4-2-1-3-18(21)13-26-22(30)17-9-11-29(12-10-17)23-27-14-19(15-28-23)16-5-7-20(25)8-6-16/h1-8,14-15,17H,9-13H2,(H,26,30). The average molecular weight is 425 g/mol. The minimum atomic E-state index is -0.268. The van der Waals surface area contributed by atoms with Gasteiger partial charge in [-0.15, -0.1) is 0 Å². The molecule has 0 spiro atoms. The Morgan fingerprint density at radius 2 is 1.70 bits per heavy atom. The van der Waals surface area contributed by atoms with E-state index in [4.69, 9.17) is 11.6 Å². The first-order chi connectivity index (χ1) is 14.6. The van der Waals surface area contributed by atoms with Gasteiger partial charge in [0.1, 0.15) is 5.82 Å². The molecule has 7 heteroatoms. The number of hydrogen-bond acceptors (Lipinski definition) is 4. The van der Waals surface area contributed by atoms with Crippen LogP contribution in [0.2, 0.25) is 5.02 Å². The van der Waals surface area contributed by atoms with Gasteiger partial charge in [0.05, 0.1) is 0 Å². The highest BCUT2D eigenvalue weighted by Crippen LogP contribution is 2.23. The van der Waals surface area contributed by atoms with Crippen molar-refractivity contribution in [1.29, 1.82) is 0 Å². The molecule has 2 aromatic carbocycles. The Bertz CT molecular complexity index is 1000. The molecule has 0 unspecified atom stereocenters. The minimum absolute atomic E-state index is 0.0257. The Kier molecular flexibility index (Phi) is 6.23. The molecule has 1 fully saturated rings. The summed E-state index contributed by atoms with van der Waals surface area (Å²) >= 11 is 6.15. The number of benzene rings is 2. The minimum Gasteiger partial charge on any atom is -0.352 e. The highest BCUT2D eigenvalue weighted by atomic mass is 35.5. The molecule has 0 atom stereocenters. The summed E-state index contributed by atoms with van der Waals surface area (Å²) in [6, 6.07) is 13.8. The molecule has 1 N–H and O–H groups in total. The normalized spacial score (nSPS) is 14.5. The van der Waals surface area contributed by atoms with E-state index in [-0.39, 0.29) is 17.6 Å². The van der Waals surface area contributed by atoms with E-state index in [1.54, 1.807) is 24.5 Å². The van der Waals surface area contributed by atoms with E-state index in [9.17, 15) is 9.18 Å². The SMILES string of the molecule is O=C(NCc1ccccc1Cl)C1CCN(c2ncc(-c3ccc(F)cc3)cn2)CC1. The molecule has 1 amide bonds. The van der Waals surface area contributed by atoms with E-state index in [2.05, 4.69) is 20.2 Å². The second-order valence-electron chi connectivity index (χ2n) is 7.35. The topological polar surface area (TPSA) is 58.1 Å². The molecule has 0 bridgehead atoms. The van der Waals surface area contributed by atoms with Crippen molar-refractivity contribution in [2.75, 3.05) is 18.0 Å². The van der Waals surface area contributed by atoms with Crippen LogP contribution in [0.3, 0.4) is 0 Å². The second-order valence-corrected chi connectivity index (χ2v) is 7.76. The monoisotopic (exact) mass is 424 g/mol. The molecule has 1 aromatic heterocycles. The number of nitrogens with one attached hydrogen (secondary N) is 1. The summed E-state index contributed by atoms with van der Waals surface area (Å²) in [6.45, 7) is 1.88. The first-order valence-corrected chi connectivity index (χ1v) is 10.3. The number of anilines is 1. The van der Waals surface area contributed by atoms with Crippen molar-refractivity contribution in [2.45, 2.75) is 19.4 Å². The van der Waals surface area contributed by atoms with E-state index < -0.39 is 0 Å². The zero-order valence-electron chi connectivity index (χ0n) is 16.4. The lowest BCUT2D eigenvalue weighted by Crippen LogP contribution is -2.41. The largest absolute Gasteiger partial charge is 0.352 e. The van der Waals surface area contributed by atoms with Crippen LogP contribution in [-0.2, 0) is 11.3 Å². The lowest BCUT2D eigenvalue weighted by Gasteiger charge is -2.31. The molecule has 0 saturated carbocycles. The van der Waals surface area contributed by atoms with Gasteiger partial charge in [-0.1, -0.05) is 41.9 Å². The fraction of sp³-hybridized carbons (Fsp3) is 0.261. The van der Waals surface area contributed by atoms with Gasteiger partial charge in [0.25, 0.3) is 0 Å². The lowest BCUT2D eigenvalue weighted by molar-refractivity contribution is -0.125. The molecule has 5 nitrogen and oxygen atoms in total. The second kappa shape index (κ2) is 9.22. The molecule has 30 heavy (non-hydrogen) atoms. The first-order valence-electron chi connectivity index (χ1n) is 9.94. The van der Waals surface area contributed by atoms with E-state index >= 15 is 0 Å². The number of hydrogen-bond donors (Lipinski definition) is 1. The van der Waals surface area contributed by atoms with Crippen molar-refractivity contribution in [3.63, 3.8) is 0 Å². The molecule has 1 saturated heterocycles. The number of nitrogens with zero attached hydrogens (tertiary/aromatic N) is 3. The fourth-order valence-corrected chi connectivity index (χ4v) is 3.79. The third-order valence-electron chi connectivity index (χ3n) is 5.38. The number of piperidine rings is 1. The maximum Gasteiger partial charge on any atom is 0.225 e. The fourth-order valence-electron chi connectivity index (χ4n) is 3.59. The Morgan fingerprint density at radius 1 is 1.03 bits per heavy atom. The van der Waals surface area contributed by atoms with Gasteiger partial charge in [-0.2, -0.15) is 0 Å². The Morgan fingerprint density at radius 3 is 2.37 bits per heavy atom. The maximum absolute atomic E-state index is 13.1. The van der Waals surface area contributed by atoms with Gasteiger partial charge in [-0.3, -0.25) is 4.79 Å². The van der Waals surface area contributed by atoms with E-state index in [0.29, 0.717) is 17.5 Å². The summed E-state index contributed by atoms with van der Waals surface area (Å²) in [5.74, 6) is 0.412. The molecular weight excluding hydrogens is 403 g/mol. The van der Waals surface area contributed by atoms with Crippen molar-refractivity contribution in [3.8, 4) is 11.1 Å². The predicted octanol–water partition coefficient (Wildman–Crippen LogP) is 4.47. The van der Waals surface area contributed by atoms with Crippen LogP contribution in [-0.4, -0.2) is 29.0 Å². The number of carbonyl (C=O) groups is 1. The number of aromatic nitrogens is 2. The number of halogens is 2. The Labute approximate surface area is 179 Å². The predicted molar refractivity (Wildman–Crippen MR) is 116 cm³/mol. The van der Waals surface area contributed by atoms with Gasteiger partial charge in [-0.25, -0.2) is 14.4 Å². The number of amides is 1. The molecule has 154 valence electrons. The van der Waals surface area contributed by atoms with Crippen LogP contribution >= 0.6 is 11.6 Å². The average Bonchev–Trinajstić information content (AvgIpc) is 2.79. The maximum atomic E-state index is 13.1. The summed E-state index contributed by atoms with van der Waals surface area (Å²) in [4.78, 5) is 23.5.